The van der Waals surface area contributed by atoms with E-state index in [4.69, 9.17) is 0 Å². The van der Waals surface area contributed by atoms with E-state index in [1.807, 2.05) is 38.1 Å². The average molecular weight is 432 g/mol. The molecule has 8 heteroatoms. The van der Waals surface area contributed by atoms with Crippen LogP contribution in [0.25, 0.3) is 0 Å². The molecule has 0 aliphatic heterocycles. The molecule has 0 saturated heterocycles. The molecule has 0 bridgehead atoms. The van der Waals surface area contributed by atoms with Gasteiger partial charge in [0.2, 0.25) is 21.8 Å². The average Bonchev–Trinajstić information content (AvgIpc) is 2.71. The lowest BCUT2D eigenvalue weighted by Gasteiger charge is -2.30. The van der Waals surface area contributed by atoms with Crippen LogP contribution >= 0.6 is 0 Å². The second-order valence-corrected chi connectivity index (χ2v) is 9.42. The van der Waals surface area contributed by atoms with Gasteiger partial charge in [0.1, 0.15) is 6.04 Å². The Labute approximate surface area is 178 Å². The number of carbonyl (C=O) groups is 2. The van der Waals surface area contributed by atoms with Gasteiger partial charge in [-0.2, -0.15) is 4.31 Å². The summed E-state index contributed by atoms with van der Waals surface area (Å²) in [6.45, 7) is 5.27. The van der Waals surface area contributed by atoms with E-state index in [2.05, 4.69) is 5.32 Å². The number of rotatable bonds is 8. The predicted octanol–water partition coefficient (Wildman–Crippen LogP) is 2.09. The van der Waals surface area contributed by atoms with Crippen molar-refractivity contribution in [2.75, 3.05) is 20.6 Å². The number of likely N-dealkylation sites (N-methyl/N-ethyl adjacent to an activating group) is 2. The standard InChI is InChI=1S/C22H29N3O4S/c1-16-9-11-20(12-10-16)30(28,29)24(5)15-21(26)25(18(3)22(27)23-4)14-19-8-6-7-17(2)13-19/h6-13,18H,14-15H2,1-5H3,(H,23,27)/t18-/m0/s1. The topological polar surface area (TPSA) is 86.8 Å². The molecule has 0 unspecified atom stereocenters. The minimum atomic E-state index is -3.83. The zero-order valence-corrected chi connectivity index (χ0v) is 18.9. The SMILES string of the molecule is CNC(=O)[C@H](C)N(Cc1cccc(C)c1)C(=O)CN(C)S(=O)(=O)c1ccc(C)cc1. The maximum Gasteiger partial charge on any atom is 0.243 e. The van der Waals surface area contributed by atoms with Crippen LogP contribution in [-0.2, 0) is 26.2 Å². The van der Waals surface area contributed by atoms with Gasteiger partial charge in [-0.1, -0.05) is 47.5 Å². The quantitative estimate of drug-likeness (QED) is 0.693. The third-order valence-corrected chi connectivity index (χ3v) is 6.75. The Balaban J connectivity index is 2.26. The lowest BCUT2D eigenvalue weighted by molar-refractivity contribution is -0.140. The Morgan fingerprint density at radius 2 is 1.67 bits per heavy atom. The fourth-order valence-electron chi connectivity index (χ4n) is 3.06. The highest BCUT2D eigenvalue weighted by Gasteiger charge is 2.29. The third-order valence-electron chi connectivity index (χ3n) is 4.94. The van der Waals surface area contributed by atoms with Gasteiger partial charge in [-0.3, -0.25) is 9.59 Å². The molecule has 0 fully saturated rings. The maximum absolute atomic E-state index is 13.1. The molecule has 2 amide bonds. The first kappa shape index (κ1) is 23.6. The van der Waals surface area contributed by atoms with Gasteiger partial charge >= 0.3 is 0 Å². The highest BCUT2D eigenvalue weighted by atomic mass is 32.2. The number of nitrogens with one attached hydrogen (secondary N) is 1. The molecule has 7 nitrogen and oxygen atoms in total. The molecule has 0 aliphatic rings. The molecule has 2 aromatic rings. The third kappa shape index (κ3) is 5.67. The molecular weight excluding hydrogens is 402 g/mol. The Hall–Kier alpha value is -2.71. The van der Waals surface area contributed by atoms with E-state index >= 15 is 0 Å². The first-order valence-corrected chi connectivity index (χ1v) is 11.1. The van der Waals surface area contributed by atoms with Crippen LogP contribution in [0.2, 0.25) is 0 Å². The number of sulfonamides is 1. The van der Waals surface area contributed by atoms with Crippen molar-refractivity contribution in [3.05, 3.63) is 65.2 Å². The van der Waals surface area contributed by atoms with Crippen LogP contribution in [0.5, 0.6) is 0 Å². The fraction of sp³-hybridized carbons (Fsp3) is 0.364. The van der Waals surface area contributed by atoms with Crippen molar-refractivity contribution in [1.82, 2.24) is 14.5 Å². The zero-order chi connectivity index (χ0) is 22.5. The van der Waals surface area contributed by atoms with Crippen LogP contribution in [-0.4, -0.2) is 56.1 Å². The number of hydrogen-bond donors (Lipinski definition) is 1. The van der Waals surface area contributed by atoms with Crippen molar-refractivity contribution in [1.29, 1.82) is 0 Å². The lowest BCUT2D eigenvalue weighted by atomic mass is 10.1. The van der Waals surface area contributed by atoms with Crippen molar-refractivity contribution in [2.45, 2.75) is 38.3 Å². The van der Waals surface area contributed by atoms with E-state index in [0.717, 1.165) is 21.0 Å². The molecule has 162 valence electrons. The van der Waals surface area contributed by atoms with Gasteiger partial charge in [-0.25, -0.2) is 8.42 Å². The molecule has 0 saturated carbocycles. The smallest absolute Gasteiger partial charge is 0.243 e. The molecule has 2 rings (SSSR count). The van der Waals surface area contributed by atoms with Crippen molar-refractivity contribution in [2.24, 2.45) is 0 Å². The monoisotopic (exact) mass is 431 g/mol. The maximum atomic E-state index is 13.1. The van der Waals surface area contributed by atoms with E-state index in [9.17, 15) is 18.0 Å². The summed E-state index contributed by atoms with van der Waals surface area (Å²) < 4.78 is 26.7. The van der Waals surface area contributed by atoms with E-state index in [0.29, 0.717) is 0 Å². The fourth-order valence-corrected chi connectivity index (χ4v) is 4.18. The summed E-state index contributed by atoms with van der Waals surface area (Å²) in [6, 6.07) is 13.3. The van der Waals surface area contributed by atoms with Gasteiger partial charge in [0.15, 0.2) is 0 Å². The number of aryl methyl sites for hydroxylation is 2. The van der Waals surface area contributed by atoms with Gasteiger partial charge < -0.3 is 10.2 Å². The predicted molar refractivity (Wildman–Crippen MR) is 116 cm³/mol. The summed E-state index contributed by atoms with van der Waals surface area (Å²) in [7, 11) is -0.964. The van der Waals surface area contributed by atoms with Crippen molar-refractivity contribution < 1.29 is 18.0 Å². The first-order chi connectivity index (χ1) is 14.1. The van der Waals surface area contributed by atoms with E-state index in [1.165, 1.54) is 31.1 Å². The Kier molecular flexibility index (Phi) is 7.75. The second kappa shape index (κ2) is 9.86. The Morgan fingerprint density at radius 3 is 2.23 bits per heavy atom. The molecule has 1 atom stereocenters. The van der Waals surface area contributed by atoms with Crippen LogP contribution < -0.4 is 5.32 Å². The second-order valence-electron chi connectivity index (χ2n) is 7.38. The highest BCUT2D eigenvalue weighted by Crippen LogP contribution is 2.17. The van der Waals surface area contributed by atoms with Crippen LogP contribution in [0.3, 0.4) is 0 Å². The number of amides is 2. The lowest BCUT2D eigenvalue weighted by Crippen LogP contribution is -2.50. The number of nitrogens with zero attached hydrogens (tertiary/aromatic N) is 2. The van der Waals surface area contributed by atoms with Gasteiger partial charge in [0.25, 0.3) is 0 Å². The van der Waals surface area contributed by atoms with Crippen molar-refractivity contribution in [3.8, 4) is 0 Å². The van der Waals surface area contributed by atoms with Crippen molar-refractivity contribution >= 4 is 21.8 Å². The Morgan fingerprint density at radius 1 is 1.03 bits per heavy atom. The number of carbonyl (C=O) groups excluding carboxylic acids is 2. The summed E-state index contributed by atoms with van der Waals surface area (Å²) >= 11 is 0. The van der Waals surface area contributed by atoms with Crippen molar-refractivity contribution in [3.63, 3.8) is 0 Å². The summed E-state index contributed by atoms with van der Waals surface area (Å²) in [5, 5.41) is 2.55. The van der Waals surface area contributed by atoms with E-state index < -0.39 is 22.0 Å². The molecule has 0 aromatic heterocycles. The molecule has 0 heterocycles. The van der Waals surface area contributed by atoms with Crippen LogP contribution in [0.15, 0.2) is 53.4 Å². The van der Waals surface area contributed by atoms with Gasteiger partial charge in [0.05, 0.1) is 11.4 Å². The van der Waals surface area contributed by atoms with E-state index in [1.54, 1.807) is 19.1 Å². The molecule has 1 N–H and O–H groups in total. The molecule has 0 radical (unpaired) electrons. The van der Waals surface area contributed by atoms with Gasteiger partial charge in [-0.15, -0.1) is 0 Å². The largest absolute Gasteiger partial charge is 0.357 e. The number of benzene rings is 2. The van der Waals surface area contributed by atoms with Gasteiger partial charge in [-0.05, 0) is 38.5 Å². The molecule has 30 heavy (non-hydrogen) atoms. The summed E-state index contributed by atoms with van der Waals surface area (Å²) in [5.41, 5.74) is 2.84. The highest BCUT2D eigenvalue weighted by molar-refractivity contribution is 7.89. The minimum Gasteiger partial charge on any atom is -0.357 e. The Bertz CT molecular complexity index is 1000. The molecule has 0 spiro atoms. The van der Waals surface area contributed by atoms with Gasteiger partial charge in [0, 0.05) is 20.6 Å². The summed E-state index contributed by atoms with van der Waals surface area (Å²) in [6.07, 6.45) is 0. The normalized spacial score (nSPS) is 12.5. The zero-order valence-electron chi connectivity index (χ0n) is 18.0. The van der Waals surface area contributed by atoms with Crippen LogP contribution in [0.1, 0.15) is 23.6 Å². The summed E-state index contributed by atoms with van der Waals surface area (Å²) in [5.74, 6) is -0.772. The molecular formula is C22H29N3O4S. The molecule has 2 aromatic carbocycles. The van der Waals surface area contributed by atoms with Crippen LogP contribution in [0, 0.1) is 13.8 Å². The molecule has 0 aliphatic carbocycles. The summed E-state index contributed by atoms with van der Waals surface area (Å²) in [4.78, 5) is 26.8. The van der Waals surface area contributed by atoms with E-state index in [-0.39, 0.29) is 23.9 Å². The first-order valence-electron chi connectivity index (χ1n) is 9.66. The number of hydrogen-bond acceptors (Lipinski definition) is 4. The minimum absolute atomic E-state index is 0.119. The van der Waals surface area contributed by atoms with Crippen LogP contribution in [0.4, 0.5) is 0 Å².